The number of aromatic amines is 1. The van der Waals surface area contributed by atoms with Gasteiger partial charge in [0.2, 0.25) is 0 Å². The molecule has 0 bridgehead atoms. The van der Waals surface area contributed by atoms with E-state index in [1.807, 2.05) is 18.2 Å². The van der Waals surface area contributed by atoms with Crippen molar-refractivity contribution in [2.45, 2.75) is 0 Å². The van der Waals surface area contributed by atoms with Gasteiger partial charge in [0.25, 0.3) is 5.56 Å². The maximum absolute atomic E-state index is 12.1. The number of aromatic nitrogens is 1. The lowest BCUT2D eigenvalue weighted by Gasteiger charge is -2.09. The molecule has 0 aliphatic rings. The van der Waals surface area contributed by atoms with Crippen molar-refractivity contribution in [3.8, 4) is 17.2 Å². The third-order valence-corrected chi connectivity index (χ3v) is 3.33. The second-order valence-electron chi connectivity index (χ2n) is 4.79. The van der Waals surface area contributed by atoms with Crippen molar-refractivity contribution in [1.29, 1.82) is 0 Å². The summed E-state index contributed by atoms with van der Waals surface area (Å²) in [6.07, 6.45) is 0. The van der Waals surface area contributed by atoms with Crippen LogP contribution in [0.5, 0.6) is 17.2 Å². The van der Waals surface area contributed by atoms with Crippen molar-refractivity contribution in [1.82, 2.24) is 4.98 Å². The van der Waals surface area contributed by atoms with E-state index < -0.39 is 11.5 Å². The number of carbonyl (C=O) groups is 1. The zero-order chi connectivity index (χ0) is 16.4. The minimum atomic E-state index is -0.814. The Morgan fingerprint density at radius 1 is 1.04 bits per heavy atom. The van der Waals surface area contributed by atoms with Crippen LogP contribution in [-0.2, 0) is 4.74 Å². The van der Waals surface area contributed by atoms with E-state index in [-0.39, 0.29) is 22.2 Å². The van der Waals surface area contributed by atoms with Gasteiger partial charge < -0.3 is 19.6 Å². The molecular weight excluding hydrogens is 298 g/mol. The fourth-order valence-corrected chi connectivity index (χ4v) is 2.23. The number of methoxy groups -OCH3 is 1. The maximum Gasteiger partial charge on any atom is 0.358 e. The third-order valence-electron chi connectivity index (χ3n) is 3.33. The van der Waals surface area contributed by atoms with E-state index in [0.29, 0.717) is 11.5 Å². The smallest absolute Gasteiger partial charge is 0.358 e. The Morgan fingerprint density at radius 2 is 1.78 bits per heavy atom. The molecule has 6 nitrogen and oxygen atoms in total. The molecule has 0 atom stereocenters. The molecule has 2 aromatic carbocycles. The molecule has 2 N–H and O–H groups in total. The number of ether oxygens (including phenoxy) is 2. The molecule has 1 aromatic heterocycles. The van der Waals surface area contributed by atoms with Crippen molar-refractivity contribution in [3.05, 3.63) is 64.6 Å². The second kappa shape index (κ2) is 5.84. The highest BCUT2D eigenvalue weighted by molar-refractivity contribution is 5.99. The Morgan fingerprint density at radius 3 is 2.48 bits per heavy atom. The van der Waals surface area contributed by atoms with E-state index in [1.54, 1.807) is 18.2 Å². The number of H-pyrrole nitrogens is 1. The molecule has 116 valence electrons. The van der Waals surface area contributed by atoms with Crippen molar-refractivity contribution in [2.24, 2.45) is 0 Å². The molecule has 0 aliphatic heterocycles. The molecule has 23 heavy (non-hydrogen) atoms. The maximum atomic E-state index is 12.1. The Hall–Kier alpha value is -3.28. The van der Waals surface area contributed by atoms with Crippen molar-refractivity contribution in [2.75, 3.05) is 7.11 Å². The van der Waals surface area contributed by atoms with Gasteiger partial charge in [-0.05, 0) is 30.3 Å². The first kappa shape index (κ1) is 14.6. The Bertz CT molecular complexity index is 931. The number of pyridine rings is 1. The number of para-hydroxylation sites is 1. The molecule has 0 amide bonds. The van der Waals surface area contributed by atoms with Gasteiger partial charge in [0.05, 0.1) is 12.5 Å². The van der Waals surface area contributed by atoms with Crippen LogP contribution in [0.3, 0.4) is 0 Å². The zero-order valence-electron chi connectivity index (χ0n) is 12.2. The first-order valence-electron chi connectivity index (χ1n) is 6.80. The molecule has 0 saturated carbocycles. The lowest BCUT2D eigenvalue weighted by atomic mass is 10.1. The number of benzene rings is 2. The molecule has 1 heterocycles. The molecule has 0 saturated heterocycles. The summed E-state index contributed by atoms with van der Waals surface area (Å²) in [4.78, 5) is 26.0. The molecule has 0 unspecified atom stereocenters. The summed E-state index contributed by atoms with van der Waals surface area (Å²) in [5.41, 5.74) is -0.793. The van der Waals surface area contributed by atoms with Gasteiger partial charge in [0, 0.05) is 5.39 Å². The number of aromatic hydroxyl groups is 1. The van der Waals surface area contributed by atoms with Crippen LogP contribution in [0.4, 0.5) is 0 Å². The number of hydrogen-bond acceptors (Lipinski definition) is 5. The largest absolute Gasteiger partial charge is 0.505 e. The Labute approximate surface area is 130 Å². The topological polar surface area (TPSA) is 88.6 Å². The van der Waals surface area contributed by atoms with Crippen LogP contribution in [0.25, 0.3) is 10.8 Å². The molecular formula is C17H13NO5. The summed E-state index contributed by atoms with van der Waals surface area (Å²) < 4.78 is 10.2. The van der Waals surface area contributed by atoms with Crippen LogP contribution in [-0.4, -0.2) is 23.2 Å². The molecule has 0 radical (unpaired) electrons. The van der Waals surface area contributed by atoms with E-state index in [0.717, 1.165) is 0 Å². The van der Waals surface area contributed by atoms with Crippen LogP contribution in [0.2, 0.25) is 0 Å². The highest BCUT2D eigenvalue weighted by atomic mass is 16.5. The van der Waals surface area contributed by atoms with Gasteiger partial charge in [0.1, 0.15) is 11.5 Å². The fourth-order valence-electron chi connectivity index (χ4n) is 2.23. The summed E-state index contributed by atoms with van der Waals surface area (Å²) in [5.74, 6) is -0.0816. The minimum absolute atomic E-state index is 0.212. The minimum Gasteiger partial charge on any atom is -0.505 e. The van der Waals surface area contributed by atoms with Gasteiger partial charge >= 0.3 is 5.97 Å². The summed E-state index contributed by atoms with van der Waals surface area (Å²) >= 11 is 0. The van der Waals surface area contributed by atoms with Crippen LogP contribution in [0.1, 0.15) is 10.5 Å². The van der Waals surface area contributed by atoms with E-state index >= 15 is 0 Å². The molecule has 0 fully saturated rings. The van der Waals surface area contributed by atoms with Gasteiger partial charge in [-0.25, -0.2) is 4.79 Å². The van der Waals surface area contributed by atoms with E-state index in [2.05, 4.69) is 9.72 Å². The summed E-state index contributed by atoms with van der Waals surface area (Å²) in [5, 5.41) is 10.6. The number of carbonyl (C=O) groups excluding carboxylic acids is 1. The van der Waals surface area contributed by atoms with E-state index in [4.69, 9.17) is 4.74 Å². The first-order chi connectivity index (χ1) is 11.1. The van der Waals surface area contributed by atoms with Crippen molar-refractivity contribution in [3.63, 3.8) is 0 Å². The number of fused-ring (bicyclic) bond motifs is 1. The van der Waals surface area contributed by atoms with E-state index in [1.165, 1.54) is 19.2 Å². The summed E-state index contributed by atoms with van der Waals surface area (Å²) in [7, 11) is 1.17. The van der Waals surface area contributed by atoms with Crippen LogP contribution in [0.15, 0.2) is 53.3 Å². The standard InChI is InChI=1S/C17H13NO5/c1-22-17(21)14-15(19)12-8-7-11(9-13(12)16(20)18-14)23-10-5-3-2-4-6-10/h2-9,19H,1H3,(H,18,20). The average Bonchev–Trinajstić information content (AvgIpc) is 2.58. The van der Waals surface area contributed by atoms with Crippen molar-refractivity contribution < 1.29 is 19.4 Å². The highest BCUT2D eigenvalue weighted by Crippen LogP contribution is 2.29. The molecule has 6 heteroatoms. The summed E-state index contributed by atoms with van der Waals surface area (Å²) in [6, 6.07) is 13.7. The highest BCUT2D eigenvalue weighted by Gasteiger charge is 2.17. The second-order valence-corrected chi connectivity index (χ2v) is 4.79. The van der Waals surface area contributed by atoms with Gasteiger partial charge in [0.15, 0.2) is 11.4 Å². The number of nitrogens with one attached hydrogen (secondary N) is 1. The predicted molar refractivity (Wildman–Crippen MR) is 84.1 cm³/mol. The van der Waals surface area contributed by atoms with Gasteiger partial charge in [-0.1, -0.05) is 18.2 Å². The zero-order valence-corrected chi connectivity index (χ0v) is 12.2. The normalized spacial score (nSPS) is 10.5. The lowest BCUT2D eigenvalue weighted by molar-refractivity contribution is 0.0590. The number of hydrogen-bond donors (Lipinski definition) is 2. The lowest BCUT2D eigenvalue weighted by Crippen LogP contribution is -2.14. The molecule has 3 aromatic rings. The predicted octanol–water partition coefficient (Wildman–Crippen LogP) is 2.81. The average molecular weight is 311 g/mol. The molecule has 3 rings (SSSR count). The SMILES string of the molecule is COC(=O)c1[nH]c(=O)c2cc(Oc3ccccc3)ccc2c1O. The Kier molecular flexibility index (Phi) is 3.72. The quantitative estimate of drug-likeness (QED) is 0.726. The number of rotatable bonds is 3. The van der Waals surface area contributed by atoms with E-state index in [9.17, 15) is 14.7 Å². The van der Waals surface area contributed by atoms with Crippen molar-refractivity contribution >= 4 is 16.7 Å². The van der Waals surface area contributed by atoms with Crippen LogP contribution < -0.4 is 10.3 Å². The van der Waals surface area contributed by atoms with Gasteiger partial charge in [-0.3, -0.25) is 4.79 Å². The van der Waals surface area contributed by atoms with Gasteiger partial charge in [-0.2, -0.15) is 0 Å². The van der Waals surface area contributed by atoms with Crippen LogP contribution >= 0.6 is 0 Å². The monoisotopic (exact) mass is 311 g/mol. The number of esters is 1. The van der Waals surface area contributed by atoms with Crippen LogP contribution in [0, 0.1) is 0 Å². The molecule has 0 aliphatic carbocycles. The first-order valence-corrected chi connectivity index (χ1v) is 6.80. The fraction of sp³-hybridized carbons (Fsp3) is 0.0588. The third kappa shape index (κ3) is 2.74. The Balaban J connectivity index is 2.09. The summed E-state index contributed by atoms with van der Waals surface area (Å²) in [6.45, 7) is 0. The molecule has 0 spiro atoms. The van der Waals surface area contributed by atoms with Gasteiger partial charge in [-0.15, -0.1) is 0 Å².